The third-order valence-corrected chi connectivity index (χ3v) is 2.66. The fraction of sp³-hybridized carbons (Fsp3) is 0.444. The Hall–Kier alpha value is -1.65. The Morgan fingerprint density at radius 2 is 2.29 bits per heavy atom. The molecule has 74 valence electrons. The summed E-state index contributed by atoms with van der Waals surface area (Å²) in [6, 6.07) is 0. The molecule has 1 saturated carbocycles. The molecule has 5 heteroatoms. The lowest BCUT2D eigenvalue weighted by Crippen LogP contribution is -2.48. The van der Waals surface area contributed by atoms with E-state index in [1.807, 2.05) is 0 Å². The van der Waals surface area contributed by atoms with Crippen LogP contribution in [0.5, 0.6) is 0 Å². The van der Waals surface area contributed by atoms with Gasteiger partial charge in [0.15, 0.2) is 0 Å². The highest BCUT2D eigenvalue weighted by molar-refractivity contribution is 6.01. The molecule has 0 bridgehead atoms. The van der Waals surface area contributed by atoms with E-state index < -0.39 is 11.4 Å². The highest BCUT2D eigenvalue weighted by atomic mass is 16.4. The molecular weight excluding hydrogens is 184 g/mol. The van der Waals surface area contributed by atoms with E-state index in [-0.39, 0.29) is 18.6 Å². The minimum atomic E-state index is -1.01. The molecular formula is C9H10N2O3. The molecule has 1 aromatic rings. The summed E-state index contributed by atoms with van der Waals surface area (Å²) in [7, 11) is 1.72. The SMILES string of the molecule is Cn1cc(C2(C(=O)O)CC(=O)C2)cn1. The first-order chi connectivity index (χ1) is 6.54. The maximum absolute atomic E-state index is 11.1. The van der Waals surface area contributed by atoms with Crippen LogP contribution in [-0.2, 0) is 22.1 Å². The summed E-state index contributed by atoms with van der Waals surface area (Å²) in [5.74, 6) is -0.943. The van der Waals surface area contributed by atoms with Gasteiger partial charge in [-0.05, 0) is 0 Å². The number of carbonyl (C=O) groups excluding carboxylic acids is 1. The number of hydrogen-bond acceptors (Lipinski definition) is 3. The third-order valence-electron chi connectivity index (χ3n) is 2.66. The van der Waals surface area contributed by atoms with Crippen LogP contribution in [0.3, 0.4) is 0 Å². The van der Waals surface area contributed by atoms with Crippen molar-refractivity contribution < 1.29 is 14.7 Å². The van der Waals surface area contributed by atoms with Crippen LogP contribution in [0.25, 0.3) is 0 Å². The largest absolute Gasteiger partial charge is 0.481 e. The molecule has 2 rings (SSSR count). The van der Waals surface area contributed by atoms with Gasteiger partial charge in [-0.2, -0.15) is 5.10 Å². The molecule has 0 spiro atoms. The Balaban J connectivity index is 2.38. The summed E-state index contributed by atoms with van der Waals surface area (Å²) >= 11 is 0. The molecule has 1 fully saturated rings. The molecule has 0 unspecified atom stereocenters. The van der Waals surface area contributed by atoms with E-state index in [0.717, 1.165) is 0 Å². The first-order valence-corrected chi connectivity index (χ1v) is 4.29. The molecule has 1 aliphatic carbocycles. The predicted octanol–water partition coefficient (Wildman–Crippen LogP) is 0.105. The van der Waals surface area contributed by atoms with Crippen LogP contribution in [0.2, 0.25) is 0 Å². The molecule has 0 saturated heterocycles. The smallest absolute Gasteiger partial charge is 0.315 e. The third kappa shape index (κ3) is 1.05. The number of carboxylic acids is 1. The number of hydrogen-bond donors (Lipinski definition) is 1. The Kier molecular flexibility index (Phi) is 1.70. The van der Waals surface area contributed by atoms with Crippen LogP contribution < -0.4 is 0 Å². The molecule has 5 nitrogen and oxygen atoms in total. The maximum Gasteiger partial charge on any atom is 0.315 e. The van der Waals surface area contributed by atoms with E-state index in [4.69, 9.17) is 5.11 Å². The zero-order valence-corrected chi connectivity index (χ0v) is 7.73. The van der Waals surface area contributed by atoms with E-state index in [1.54, 1.807) is 17.9 Å². The average molecular weight is 194 g/mol. The van der Waals surface area contributed by atoms with E-state index in [9.17, 15) is 9.59 Å². The lowest BCUT2D eigenvalue weighted by Gasteiger charge is -2.35. The van der Waals surface area contributed by atoms with Crippen molar-refractivity contribution in [2.75, 3.05) is 0 Å². The van der Waals surface area contributed by atoms with Crippen molar-refractivity contribution in [1.82, 2.24) is 9.78 Å². The van der Waals surface area contributed by atoms with Gasteiger partial charge in [0.05, 0.1) is 6.20 Å². The molecule has 0 aliphatic heterocycles. The van der Waals surface area contributed by atoms with Gasteiger partial charge in [0.2, 0.25) is 0 Å². The van der Waals surface area contributed by atoms with Crippen LogP contribution in [0.4, 0.5) is 0 Å². The zero-order chi connectivity index (χ0) is 10.3. The van der Waals surface area contributed by atoms with Gasteiger partial charge in [-0.15, -0.1) is 0 Å². The number of aromatic nitrogens is 2. The molecule has 1 heterocycles. The molecule has 14 heavy (non-hydrogen) atoms. The van der Waals surface area contributed by atoms with Gasteiger partial charge in [-0.3, -0.25) is 14.3 Å². The van der Waals surface area contributed by atoms with Gasteiger partial charge in [0.1, 0.15) is 11.2 Å². The number of rotatable bonds is 2. The van der Waals surface area contributed by atoms with Crippen molar-refractivity contribution in [1.29, 1.82) is 0 Å². The van der Waals surface area contributed by atoms with Gasteiger partial charge in [-0.1, -0.05) is 0 Å². The second-order valence-corrected chi connectivity index (χ2v) is 3.68. The minimum Gasteiger partial charge on any atom is -0.481 e. The van der Waals surface area contributed by atoms with E-state index >= 15 is 0 Å². The van der Waals surface area contributed by atoms with Gasteiger partial charge in [-0.25, -0.2) is 0 Å². The second-order valence-electron chi connectivity index (χ2n) is 3.68. The van der Waals surface area contributed by atoms with E-state index in [2.05, 4.69) is 5.10 Å². The van der Waals surface area contributed by atoms with Gasteiger partial charge < -0.3 is 5.11 Å². The molecule has 0 aromatic carbocycles. The fourth-order valence-corrected chi connectivity index (χ4v) is 1.77. The monoisotopic (exact) mass is 194 g/mol. The van der Waals surface area contributed by atoms with Crippen LogP contribution in [0, 0.1) is 0 Å². The molecule has 0 atom stereocenters. The van der Waals surface area contributed by atoms with Crippen molar-refractivity contribution in [3.05, 3.63) is 18.0 Å². The summed E-state index contributed by atoms with van der Waals surface area (Å²) in [6.07, 6.45) is 3.35. The average Bonchev–Trinajstić information content (AvgIpc) is 2.45. The number of aryl methyl sites for hydroxylation is 1. The molecule has 0 amide bonds. The van der Waals surface area contributed by atoms with Crippen molar-refractivity contribution in [3.8, 4) is 0 Å². The van der Waals surface area contributed by atoms with Gasteiger partial charge >= 0.3 is 5.97 Å². The van der Waals surface area contributed by atoms with Gasteiger partial charge in [0, 0.05) is 31.6 Å². The topological polar surface area (TPSA) is 72.2 Å². The highest BCUT2D eigenvalue weighted by Gasteiger charge is 2.52. The lowest BCUT2D eigenvalue weighted by atomic mass is 9.64. The Morgan fingerprint density at radius 1 is 1.64 bits per heavy atom. The van der Waals surface area contributed by atoms with Crippen LogP contribution >= 0.6 is 0 Å². The molecule has 1 aliphatic rings. The maximum atomic E-state index is 11.1. The first-order valence-electron chi connectivity index (χ1n) is 4.29. The van der Waals surface area contributed by atoms with Crippen molar-refractivity contribution in [2.45, 2.75) is 18.3 Å². The number of ketones is 1. The number of carboxylic acid groups (broad SMARTS) is 1. The van der Waals surface area contributed by atoms with Crippen LogP contribution in [-0.4, -0.2) is 26.6 Å². The fourth-order valence-electron chi connectivity index (χ4n) is 1.77. The van der Waals surface area contributed by atoms with Crippen LogP contribution in [0.1, 0.15) is 18.4 Å². The summed E-state index contributed by atoms with van der Waals surface area (Å²) in [6.45, 7) is 0. The summed E-state index contributed by atoms with van der Waals surface area (Å²) < 4.78 is 1.54. The highest BCUT2D eigenvalue weighted by Crippen LogP contribution is 2.41. The van der Waals surface area contributed by atoms with E-state index in [0.29, 0.717) is 5.56 Å². The second kappa shape index (κ2) is 2.67. The standard InChI is InChI=1S/C9H10N2O3/c1-11-5-6(4-10-11)9(8(13)14)2-7(12)3-9/h4-5H,2-3H2,1H3,(H,13,14). The number of carbonyl (C=O) groups is 2. The quantitative estimate of drug-likeness (QED) is 0.725. The van der Waals surface area contributed by atoms with Gasteiger partial charge in [0.25, 0.3) is 0 Å². The Bertz CT molecular complexity index is 400. The van der Waals surface area contributed by atoms with Crippen molar-refractivity contribution in [3.63, 3.8) is 0 Å². The Labute approximate surface area is 80.3 Å². The zero-order valence-electron chi connectivity index (χ0n) is 7.73. The minimum absolute atomic E-state index is 0.00347. The predicted molar refractivity (Wildman–Crippen MR) is 46.8 cm³/mol. The Morgan fingerprint density at radius 3 is 2.64 bits per heavy atom. The molecule has 1 aromatic heterocycles. The lowest BCUT2D eigenvalue weighted by molar-refractivity contribution is -0.153. The molecule has 1 N–H and O–H groups in total. The number of Topliss-reactive ketones (excluding diaryl/α,β-unsaturated/α-hetero) is 1. The summed E-state index contributed by atoms with van der Waals surface area (Å²) in [5.41, 5.74) is -0.391. The van der Waals surface area contributed by atoms with Crippen molar-refractivity contribution in [2.24, 2.45) is 7.05 Å². The van der Waals surface area contributed by atoms with Crippen molar-refractivity contribution >= 4 is 11.8 Å². The first kappa shape index (κ1) is 8.93. The summed E-state index contributed by atoms with van der Waals surface area (Å²) in [5, 5.41) is 13.0. The number of nitrogens with zero attached hydrogens (tertiary/aromatic N) is 2. The summed E-state index contributed by atoms with van der Waals surface area (Å²) in [4.78, 5) is 22.0. The van der Waals surface area contributed by atoms with Crippen LogP contribution in [0.15, 0.2) is 12.4 Å². The normalized spacial score (nSPS) is 19.1. The van der Waals surface area contributed by atoms with E-state index in [1.165, 1.54) is 6.20 Å². The molecule has 0 radical (unpaired) electrons. The number of aliphatic carboxylic acids is 1.